The second kappa shape index (κ2) is 3.79. The predicted molar refractivity (Wildman–Crippen MR) is 54.2 cm³/mol. The van der Waals surface area contributed by atoms with E-state index >= 15 is 0 Å². The highest BCUT2D eigenvalue weighted by Gasteiger charge is 2.28. The van der Waals surface area contributed by atoms with Crippen LogP contribution in [0.25, 0.3) is 10.9 Å². The number of rotatable bonds is 1. The molecule has 0 aliphatic rings. The van der Waals surface area contributed by atoms with E-state index < -0.39 is 6.30 Å². The van der Waals surface area contributed by atoms with Gasteiger partial charge < -0.3 is 0 Å². The quantitative estimate of drug-likeness (QED) is 0.787. The van der Waals surface area contributed by atoms with E-state index in [4.69, 9.17) is 11.6 Å². The number of fused-ring (bicyclic) bond motifs is 1. The SMILES string of the molecule is FC(F)(F)Nc1ncnc2ccc(Cl)cc12. The van der Waals surface area contributed by atoms with Crippen molar-refractivity contribution >= 4 is 28.3 Å². The first kappa shape index (κ1) is 10.9. The summed E-state index contributed by atoms with van der Waals surface area (Å²) in [4.78, 5) is 7.37. The first-order valence-corrected chi connectivity index (χ1v) is 4.59. The molecule has 1 heterocycles. The normalized spacial score (nSPS) is 11.8. The fourth-order valence-electron chi connectivity index (χ4n) is 1.26. The fourth-order valence-corrected chi connectivity index (χ4v) is 1.43. The molecule has 2 aromatic rings. The molecule has 0 bridgehead atoms. The molecule has 0 fully saturated rings. The first-order chi connectivity index (χ1) is 7.46. The van der Waals surface area contributed by atoms with Gasteiger partial charge in [0, 0.05) is 10.4 Å². The lowest BCUT2D eigenvalue weighted by Gasteiger charge is -2.10. The molecule has 3 nitrogen and oxygen atoms in total. The van der Waals surface area contributed by atoms with Gasteiger partial charge in [-0.3, -0.25) is 5.32 Å². The first-order valence-electron chi connectivity index (χ1n) is 4.21. The van der Waals surface area contributed by atoms with Gasteiger partial charge in [-0.1, -0.05) is 11.6 Å². The molecule has 0 amide bonds. The van der Waals surface area contributed by atoms with Gasteiger partial charge in [0.25, 0.3) is 0 Å². The number of hydrogen-bond acceptors (Lipinski definition) is 3. The van der Waals surface area contributed by atoms with Crippen LogP contribution in [0.4, 0.5) is 19.0 Å². The summed E-state index contributed by atoms with van der Waals surface area (Å²) < 4.78 is 36.5. The highest BCUT2D eigenvalue weighted by atomic mass is 35.5. The molecule has 16 heavy (non-hydrogen) atoms. The highest BCUT2D eigenvalue weighted by Crippen LogP contribution is 2.26. The zero-order chi connectivity index (χ0) is 11.8. The predicted octanol–water partition coefficient (Wildman–Crippen LogP) is 3.21. The Morgan fingerprint density at radius 3 is 2.62 bits per heavy atom. The molecule has 0 aliphatic heterocycles. The number of nitrogens with one attached hydrogen (secondary N) is 1. The maximum absolute atomic E-state index is 12.2. The van der Waals surface area contributed by atoms with Gasteiger partial charge in [-0.15, -0.1) is 0 Å². The Morgan fingerprint density at radius 1 is 1.19 bits per heavy atom. The number of alkyl halides is 3. The van der Waals surface area contributed by atoms with E-state index in [1.54, 1.807) is 6.07 Å². The molecule has 1 aromatic heterocycles. The molecule has 0 radical (unpaired) electrons. The lowest BCUT2D eigenvalue weighted by Crippen LogP contribution is -2.21. The summed E-state index contributed by atoms with van der Waals surface area (Å²) in [7, 11) is 0. The van der Waals surface area contributed by atoms with Crippen LogP contribution in [0.1, 0.15) is 0 Å². The molecule has 0 saturated carbocycles. The summed E-state index contributed by atoms with van der Waals surface area (Å²) in [5, 5.41) is 1.90. The van der Waals surface area contributed by atoms with Crippen molar-refractivity contribution in [2.45, 2.75) is 6.30 Å². The van der Waals surface area contributed by atoms with E-state index in [0.29, 0.717) is 10.5 Å². The molecule has 84 valence electrons. The Bertz CT molecular complexity index is 527. The van der Waals surface area contributed by atoms with Crippen LogP contribution in [0, 0.1) is 0 Å². The van der Waals surface area contributed by atoms with E-state index in [1.165, 1.54) is 17.4 Å². The van der Waals surface area contributed by atoms with E-state index in [9.17, 15) is 13.2 Å². The minimum Gasteiger partial charge on any atom is -0.281 e. The van der Waals surface area contributed by atoms with Crippen molar-refractivity contribution in [2.24, 2.45) is 0 Å². The summed E-state index contributed by atoms with van der Waals surface area (Å²) in [6.07, 6.45) is -3.48. The lowest BCUT2D eigenvalue weighted by molar-refractivity contribution is -0.100. The molecule has 0 aliphatic carbocycles. The molecular formula is C9H5ClF3N3. The third-order valence-corrected chi connectivity index (χ3v) is 2.09. The largest absolute Gasteiger partial charge is 0.483 e. The number of hydrogen-bond donors (Lipinski definition) is 1. The Morgan fingerprint density at radius 2 is 1.94 bits per heavy atom. The van der Waals surface area contributed by atoms with Gasteiger partial charge in [0.2, 0.25) is 0 Å². The number of nitrogens with zero attached hydrogens (tertiary/aromatic N) is 2. The molecular weight excluding hydrogens is 243 g/mol. The topological polar surface area (TPSA) is 37.8 Å². The van der Waals surface area contributed by atoms with Crippen molar-refractivity contribution in [3.8, 4) is 0 Å². The Balaban J connectivity index is 2.56. The minimum absolute atomic E-state index is 0.229. The molecule has 0 atom stereocenters. The Labute approximate surface area is 93.3 Å². The number of halogens is 4. The van der Waals surface area contributed by atoms with Crippen LogP contribution < -0.4 is 5.32 Å². The average Bonchev–Trinajstić information content (AvgIpc) is 2.17. The monoisotopic (exact) mass is 247 g/mol. The molecule has 7 heteroatoms. The van der Waals surface area contributed by atoms with Crippen molar-refractivity contribution in [3.63, 3.8) is 0 Å². The van der Waals surface area contributed by atoms with Gasteiger partial charge in [0.1, 0.15) is 12.1 Å². The van der Waals surface area contributed by atoms with Crippen LogP contribution in [-0.4, -0.2) is 16.3 Å². The standard InChI is InChI=1S/C9H5ClF3N3/c10-5-1-2-7-6(3-5)8(15-4-14-7)16-9(11,12)13/h1-4H,(H,14,15,16). The van der Waals surface area contributed by atoms with Crippen LogP contribution in [0.2, 0.25) is 5.02 Å². The Hall–Kier alpha value is -1.56. The van der Waals surface area contributed by atoms with Crippen molar-refractivity contribution in [1.29, 1.82) is 0 Å². The maximum atomic E-state index is 12.2. The summed E-state index contributed by atoms with van der Waals surface area (Å²) in [5.41, 5.74) is 0.395. The Kier molecular flexibility index (Phi) is 2.59. The second-order valence-corrected chi connectivity index (χ2v) is 3.44. The van der Waals surface area contributed by atoms with Gasteiger partial charge in [-0.2, -0.15) is 13.2 Å². The third kappa shape index (κ3) is 2.33. The van der Waals surface area contributed by atoms with E-state index in [0.717, 1.165) is 6.33 Å². The van der Waals surface area contributed by atoms with Crippen LogP contribution in [0.3, 0.4) is 0 Å². The van der Waals surface area contributed by atoms with Gasteiger partial charge in [0.15, 0.2) is 0 Å². The van der Waals surface area contributed by atoms with Gasteiger partial charge >= 0.3 is 6.30 Å². The third-order valence-electron chi connectivity index (χ3n) is 1.86. The summed E-state index contributed by atoms with van der Waals surface area (Å²) in [5.74, 6) is -0.306. The number of anilines is 1. The van der Waals surface area contributed by atoms with E-state index in [-0.39, 0.29) is 11.2 Å². The van der Waals surface area contributed by atoms with Crippen LogP contribution in [-0.2, 0) is 0 Å². The minimum atomic E-state index is -4.54. The number of aromatic nitrogens is 2. The van der Waals surface area contributed by atoms with Gasteiger partial charge in [-0.25, -0.2) is 9.97 Å². The smallest absolute Gasteiger partial charge is 0.281 e. The maximum Gasteiger partial charge on any atom is 0.483 e. The highest BCUT2D eigenvalue weighted by molar-refractivity contribution is 6.31. The van der Waals surface area contributed by atoms with Crippen LogP contribution in [0.5, 0.6) is 0 Å². The number of benzene rings is 1. The van der Waals surface area contributed by atoms with E-state index in [1.807, 2.05) is 0 Å². The van der Waals surface area contributed by atoms with Crippen molar-refractivity contribution in [3.05, 3.63) is 29.5 Å². The average molecular weight is 248 g/mol. The molecule has 1 N–H and O–H groups in total. The van der Waals surface area contributed by atoms with E-state index in [2.05, 4.69) is 9.97 Å². The van der Waals surface area contributed by atoms with Gasteiger partial charge in [-0.05, 0) is 18.2 Å². The lowest BCUT2D eigenvalue weighted by atomic mass is 10.2. The zero-order valence-electron chi connectivity index (χ0n) is 7.72. The van der Waals surface area contributed by atoms with Gasteiger partial charge in [0.05, 0.1) is 5.52 Å². The summed E-state index contributed by atoms with van der Waals surface area (Å²) in [6.45, 7) is 0. The second-order valence-electron chi connectivity index (χ2n) is 3.01. The summed E-state index contributed by atoms with van der Waals surface area (Å²) in [6, 6.07) is 4.46. The fraction of sp³-hybridized carbons (Fsp3) is 0.111. The molecule has 0 unspecified atom stereocenters. The van der Waals surface area contributed by atoms with Crippen molar-refractivity contribution in [1.82, 2.24) is 9.97 Å². The van der Waals surface area contributed by atoms with Crippen LogP contribution in [0.15, 0.2) is 24.5 Å². The zero-order valence-corrected chi connectivity index (χ0v) is 8.47. The molecule has 1 aromatic carbocycles. The van der Waals surface area contributed by atoms with Crippen molar-refractivity contribution < 1.29 is 13.2 Å². The van der Waals surface area contributed by atoms with Crippen molar-refractivity contribution in [2.75, 3.05) is 5.32 Å². The molecule has 0 saturated heterocycles. The van der Waals surface area contributed by atoms with Crippen LogP contribution >= 0.6 is 11.6 Å². The molecule has 0 spiro atoms. The molecule has 2 rings (SSSR count). The summed E-state index contributed by atoms with van der Waals surface area (Å²) >= 11 is 5.70.